The standard InChI is InChI=1S/C9H13OS.F6P/c1-2-11(10)8-9-6-4-3-5-7-9;1-7(2,3,4,5)6/h3-7,10H,2,8H2,1H3;/q+1;-1. The van der Waals surface area contributed by atoms with Crippen molar-refractivity contribution >= 4 is 19.0 Å². The van der Waals surface area contributed by atoms with E-state index in [4.69, 9.17) is 0 Å². The minimum atomic E-state index is -10.7. The number of halogens is 6. The van der Waals surface area contributed by atoms with Gasteiger partial charge in [-0.3, -0.25) is 0 Å². The molecular formula is C9H13F6OPS. The molecule has 0 fully saturated rings. The van der Waals surface area contributed by atoms with E-state index in [1.807, 2.05) is 37.3 Å². The molecule has 9 heteroatoms. The molecule has 0 aliphatic rings. The minimum absolute atomic E-state index is 0.428. The Balaban J connectivity index is 0.000000360. The molecule has 18 heavy (non-hydrogen) atoms. The van der Waals surface area contributed by atoms with Crippen molar-refractivity contribution in [2.24, 2.45) is 0 Å². The summed E-state index contributed by atoms with van der Waals surface area (Å²) in [5.74, 6) is 1.66. The van der Waals surface area contributed by atoms with Crippen molar-refractivity contribution in [2.45, 2.75) is 12.7 Å². The number of rotatable bonds is 3. The van der Waals surface area contributed by atoms with E-state index in [2.05, 4.69) is 0 Å². The summed E-state index contributed by atoms with van der Waals surface area (Å²) in [6.45, 7) is 2.01. The molecule has 1 aromatic rings. The van der Waals surface area contributed by atoms with Crippen LogP contribution in [0.2, 0.25) is 0 Å². The molecule has 0 saturated heterocycles. The second kappa shape index (κ2) is 5.27. The van der Waals surface area contributed by atoms with Crippen LogP contribution < -0.4 is 0 Å². The van der Waals surface area contributed by atoms with E-state index < -0.39 is 19.0 Å². The number of hydrogen-bond donors (Lipinski definition) is 1. The van der Waals surface area contributed by atoms with E-state index in [0.717, 1.165) is 11.5 Å². The van der Waals surface area contributed by atoms with Crippen LogP contribution in [-0.4, -0.2) is 10.3 Å². The first-order chi connectivity index (χ1) is 7.78. The van der Waals surface area contributed by atoms with E-state index in [1.165, 1.54) is 5.56 Å². The fourth-order valence-electron chi connectivity index (χ4n) is 0.869. The summed E-state index contributed by atoms with van der Waals surface area (Å²) >= 11 is -0.428. The van der Waals surface area contributed by atoms with E-state index in [1.54, 1.807) is 0 Å². The average molecular weight is 314 g/mol. The topological polar surface area (TPSA) is 20.2 Å². The molecule has 0 spiro atoms. The quantitative estimate of drug-likeness (QED) is 0.432. The van der Waals surface area contributed by atoms with Crippen molar-refractivity contribution in [3.63, 3.8) is 0 Å². The SMILES string of the molecule is CC[S+](O)Cc1ccccc1.F[P-](F)(F)(F)(F)F. The Kier molecular flexibility index (Phi) is 5.13. The molecule has 0 heterocycles. The fourth-order valence-corrected chi connectivity index (χ4v) is 1.65. The van der Waals surface area contributed by atoms with Crippen molar-refractivity contribution in [1.82, 2.24) is 0 Å². The van der Waals surface area contributed by atoms with Crippen molar-refractivity contribution in [2.75, 3.05) is 5.75 Å². The van der Waals surface area contributed by atoms with E-state index in [0.29, 0.717) is 0 Å². The summed E-state index contributed by atoms with van der Waals surface area (Å²) < 4.78 is 68.5. The Morgan fingerprint density at radius 3 is 1.72 bits per heavy atom. The van der Waals surface area contributed by atoms with E-state index in [-0.39, 0.29) is 0 Å². The van der Waals surface area contributed by atoms with E-state index in [9.17, 15) is 29.7 Å². The number of hydrogen-bond acceptors (Lipinski definition) is 1. The zero-order chi connectivity index (χ0) is 14.5. The van der Waals surface area contributed by atoms with Gasteiger partial charge in [0.1, 0.15) is 16.9 Å². The van der Waals surface area contributed by atoms with Crippen LogP contribution in [0.1, 0.15) is 12.5 Å². The van der Waals surface area contributed by atoms with Gasteiger partial charge in [0.25, 0.3) is 0 Å². The van der Waals surface area contributed by atoms with Crippen molar-refractivity contribution in [3.05, 3.63) is 35.9 Å². The van der Waals surface area contributed by atoms with Crippen LogP contribution in [0.3, 0.4) is 0 Å². The summed E-state index contributed by atoms with van der Waals surface area (Å²) in [7, 11) is -10.7. The van der Waals surface area contributed by atoms with Crippen molar-refractivity contribution < 1.29 is 29.7 Å². The van der Waals surface area contributed by atoms with Gasteiger partial charge in [0.15, 0.2) is 5.75 Å². The van der Waals surface area contributed by atoms with Crippen LogP contribution >= 0.6 is 7.81 Å². The molecule has 1 aromatic carbocycles. The molecule has 0 aliphatic carbocycles. The predicted molar refractivity (Wildman–Crippen MR) is 64.2 cm³/mol. The summed E-state index contributed by atoms with van der Waals surface area (Å²) in [5, 5.41) is 0. The molecule has 0 amide bonds. The van der Waals surface area contributed by atoms with Crippen LogP contribution in [-0.2, 0) is 16.9 Å². The first kappa shape index (κ1) is 17.5. The van der Waals surface area contributed by atoms with Gasteiger partial charge >= 0.3 is 33.0 Å². The van der Waals surface area contributed by atoms with Crippen LogP contribution in [0.15, 0.2) is 30.3 Å². The zero-order valence-corrected chi connectivity index (χ0v) is 11.1. The molecule has 0 radical (unpaired) electrons. The van der Waals surface area contributed by atoms with Crippen LogP contribution in [0.4, 0.5) is 25.2 Å². The summed E-state index contributed by atoms with van der Waals surface area (Å²) in [4.78, 5) is 0. The normalized spacial score (nSPS) is 16.9. The van der Waals surface area contributed by atoms with Gasteiger partial charge in [-0.25, -0.2) is 0 Å². The van der Waals surface area contributed by atoms with Crippen LogP contribution in [0.25, 0.3) is 0 Å². The Labute approximate surface area is 104 Å². The molecule has 108 valence electrons. The molecule has 1 nitrogen and oxygen atoms in total. The Bertz CT molecular complexity index is 353. The first-order valence-electron chi connectivity index (χ1n) is 4.75. The molecule has 1 atom stereocenters. The maximum absolute atomic E-state index is 10.7. The van der Waals surface area contributed by atoms with Crippen molar-refractivity contribution in [3.8, 4) is 0 Å². The van der Waals surface area contributed by atoms with Gasteiger partial charge in [0.05, 0.1) is 0 Å². The second-order valence-corrected chi connectivity index (χ2v) is 7.05. The molecule has 1 unspecified atom stereocenters. The third-order valence-corrected chi connectivity index (χ3v) is 2.84. The summed E-state index contributed by atoms with van der Waals surface area (Å²) in [5.41, 5.74) is 1.22. The van der Waals surface area contributed by atoms with Gasteiger partial charge in [-0.15, -0.1) is 0 Å². The monoisotopic (exact) mass is 314 g/mol. The molecule has 0 aliphatic heterocycles. The fraction of sp³-hybridized carbons (Fsp3) is 0.333. The maximum atomic E-state index is 9.87. The molecule has 0 saturated carbocycles. The zero-order valence-electron chi connectivity index (χ0n) is 9.37. The first-order valence-corrected chi connectivity index (χ1v) is 8.29. The third kappa shape index (κ3) is 17.9. The van der Waals surface area contributed by atoms with Crippen LogP contribution in [0.5, 0.6) is 0 Å². The van der Waals surface area contributed by atoms with E-state index >= 15 is 0 Å². The average Bonchev–Trinajstić information content (AvgIpc) is 2.14. The third-order valence-electron chi connectivity index (χ3n) is 1.51. The van der Waals surface area contributed by atoms with Crippen molar-refractivity contribution in [1.29, 1.82) is 0 Å². The molecule has 1 N–H and O–H groups in total. The Morgan fingerprint density at radius 2 is 1.39 bits per heavy atom. The molecular weight excluding hydrogens is 301 g/mol. The van der Waals surface area contributed by atoms with Crippen LogP contribution in [0, 0.1) is 0 Å². The van der Waals surface area contributed by atoms with Gasteiger partial charge in [-0.1, -0.05) is 30.3 Å². The van der Waals surface area contributed by atoms with Gasteiger partial charge in [-0.05, 0) is 6.92 Å². The Morgan fingerprint density at radius 1 is 1.00 bits per heavy atom. The molecule has 0 aromatic heterocycles. The number of benzene rings is 1. The van der Waals surface area contributed by atoms with Gasteiger partial charge in [-0.2, -0.15) is 4.55 Å². The second-order valence-electron chi connectivity index (χ2n) is 3.34. The summed E-state index contributed by atoms with van der Waals surface area (Å²) in [6.07, 6.45) is 0. The predicted octanol–water partition coefficient (Wildman–Crippen LogP) is 5.68. The molecule has 1 rings (SSSR count). The Hall–Kier alpha value is -0.460. The van der Waals surface area contributed by atoms with Gasteiger partial charge in [0.2, 0.25) is 0 Å². The van der Waals surface area contributed by atoms with Gasteiger partial charge in [0, 0.05) is 5.56 Å². The molecule has 0 bridgehead atoms. The summed E-state index contributed by atoms with van der Waals surface area (Å²) in [6, 6.07) is 10.1. The van der Waals surface area contributed by atoms with Gasteiger partial charge < -0.3 is 0 Å².